The number of anilines is 9. The minimum Gasteiger partial charge on any atom is -0.497 e. The summed E-state index contributed by atoms with van der Waals surface area (Å²) in [6.45, 7) is 0. The number of nitrogens with zero attached hydrogens (tertiary/aromatic N) is 4. The summed E-state index contributed by atoms with van der Waals surface area (Å²) in [5.41, 5.74) is 15.1. The molecule has 0 heterocycles. The second-order valence-electron chi connectivity index (χ2n) is 20.2. The zero-order chi connectivity index (χ0) is 56.4. The molecule has 3 atom stereocenters. The molecule has 0 aromatic heterocycles. The van der Waals surface area contributed by atoms with Gasteiger partial charge in [-0.25, -0.2) is 0 Å². The molecule has 0 saturated carbocycles. The largest absolute Gasteiger partial charge is 0.497 e. The number of ether oxygens (including phenoxy) is 6. The van der Waals surface area contributed by atoms with Crippen LogP contribution in [0.4, 0.5) is 51.2 Å². The first-order valence-electron chi connectivity index (χ1n) is 27.7. The maximum atomic E-state index is 5.64. The van der Waals surface area contributed by atoms with Crippen molar-refractivity contribution in [2.45, 2.75) is 37.5 Å². The average molecular weight is 1090 g/mol. The van der Waals surface area contributed by atoms with E-state index < -0.39 is 0 Å². The molecule has 10 nitrogen and oxygen atoms in total. The van der Waals surface area contributed by atoms with Crippen molar-refractivity contribution < 1.29 is 28.4 Å². The zero-order valence-electron chi connectivity index (χ0n) is 47.3. The molecule has 10 heteroatoms. The SMILES string of the molecule is COC1=CCC(N(C2=CCC(OC)C=C2)c2ccc(C3=CCC(N(c4ccc(OC)cc4)c4ccc(N(c5ccc(OC)cc5)c5ccc(-c6ccc(N(c7ccc(OC)cc7)c7ccc(OC)cc7)cc6)cc5)cc4)C=C3)cc2)C=C1. The van der Waals surface area contributed by atoms with Gasteiger partial charge < -0.3 is 48.0 Å². The summed E-state index contributed by atoms with van der Waals surface area (Å²) in [5.74, 6) is 4.11. The van der Waals surface area contributed by atoms with Crippen LogP contribution in [-0.2, 0) is 9.47 Å². The molecule has 0 fully saturated rings. The summed E-state index contributed by atoms with van der Waals surface area (Å²) in [5, 5.41) is 0. The summed E-state index contributed by atoms with van der Waals surface area (Å²) in [6, 6.07) is 68.3. The van der Waals surface area contributed by atoms with Crippen LogP contribution in [-0.4, -0.2) is 60.8 Å². The van der Waals surface area contributed by atoms with E-state index in [0.717, 1.165) is 110 Å². The first kappa shape index (κ1) is 54.3. The van der Waals surface area contributed by atoms with Crippen LogP contribution in [0, 0.1) is 0 Å². The van der Waals surface area contributed by atoms with E-state index >= 15 is 0 Å². The van der Waals surface area contributed by atoms with E-state index in [1.54, 1.807) is 42.7 Å². The van der Waals surface area contributed by atoms with Gasteiger partial charge in [0.05, 0.1) is 53.7 Å². The van der Waals surface area contributed by atoms with Crippen LogP contribution < -0.4 is 38.5 Å². The Morgan fingerprint density at radius 3 is 1.02 bits per heavy atom. The van der Waals surface area contributed by atoms with E-state index in [1.165, 1.54) is 16.8 Å². The Morgan fingerprint density at radius 2 is 0.659 bits per heavy atom. The highest BCUT2D eigenvalue weighted by atomic mass is 16.5. The van der Waals surface area contributed by atoms with Crippen molar-refractivity contribution in [3.05, 3.63) is 266 Å². The van der Waals surface area contributed by atoms with E-state index in [2.05, 4.69) is 220 Å². The standard InChI is InChI=1S/C72H68N4O6/c1-77-67-39-27-61(28-40-67)73(55-15-7-51(8-16-55)53-11-19-57(20-12-53)75(63-31-43-69(79-3)44-32-63)64-33-45-70(80-4)46-34-64)59-23-25-60(26-24-59)74(62-29-41-68(78-2)42-30-62)56-17-9-52(10-18-56)54-13-21-58(22-14-54)76(65-35-47-71(81-5)48-36-65)66-37-49-72(82-6)50-38-66/h7-17,19-37,39-47,49-50,56,66,71H,18,38,48H2,1-6H3. The van der Waals surface area contributed by atoms with Crippen LogP contribution in [0.2, 0.25) is 0 Å². The number of rotatable bonds is 20. The molecular weight excluding hydrogens is 1020 g/mol. The summed E-state index contributed by atoms with van der Waals surface area (Å²) in [6.07, 6.45) is 22.6. The van der Waals surface area contributed by atoms with Crippen molar-refractivity contribution >= 4 is 56.8 Å². The number of allylic oxidation sites excluding steroid dienone is 4. The molecule has 11 rings (SSSR count). The average Bonchev–Trinajstić information content (AvgIpc) is 3.56. The molecule has 8 aromatic carbocycles. The second-order valence-corrected chi connectivity index (χ2v) is 20.2. The van der Waals surface area contributed by atoms with Crippen LogP contribution in [0.5, 0.6) is 23.0 Å². The highest BCUT2D eigenvalue weighted by Crippen LogP contribution is 2.42. The van der Waals surface area contributed by atoms with E-state index in [1.807, 2.05) is 48.5 Å². The van der Waals surface area contributed by atoms with Gasteiger partial charge in [0.15, 0.2) is 0 Å². The molecule has 3 unspecified atom stereocenters. The number of hydrogen-bond donors (Lipinski definition) is 0. The van der Waals surface area contributed by atoms with Crippen LogP contribution in [0.1, 0.15) is 24.8 Å². The molecule has 0 amide bonds. The van der Waals surface area contributed by atoms with E-state index in [-0.39, 0.29) is 18.2 Å². The van der Waals surface area contributed by atoms with Gasteiger partial charge in [-0.3, -0.25) is 0 Å². The molecule has 82 heavy (non-hydrogen) atoms. The summed E-state index contributed by atoms with van der Waals surface area (Å²) in [4.78, 5) is 9.35. The van der Waals surface area contributed by atoms with Gasteiger partial charge in [0.1, 0.15) is 28.8 Å². The van der Waals surface area contributed by atoms with Gasteiger partial charge in [0.25, 0.3) is 0 Å². The smallest absolute Gasteiger partial charge is 0.119 e. The van der Waals surface area contributed by atoms with Crippen LogP contribution >= 0.6 is 0 Å². The lowest BCUT2D eigenvalue weighted by Crippen LogP contribution is -2.34. The predicted molar refractivity (Wildman–Crippen MR) is 336 cm³/mol. The normalized spacial score (nSPS) is 16.3. The van der Waals surface area contributed by atoms with Crippen molar-refractivity contribution in [2.75, 3.05) is 62.3 Å². The summed E-state index contributed by atoms with van der Waals surface area (Å²) >= 11 is 0. The van der Waals surface area contributed by atoms with Gasteiger partial charge in [-0.2, -0.15) is 0 Å². The molecular formula is C72H68N4O6. The fraction of sp³-hybridized carbons (Fsp3) is 0.167. The Morgan fingerprint density at radius 1 is 0.305 bits per heavy atom. The van der Waals surface area contributed by atoms with E-state index in [0.29, 0.717) is 0 Å². The Balaban J connectivity index is 0.849. The molecule has 8 aromatic rings. The first-order chi connectivity index (χ1) is 40.3. The van der Waals surface area contributed by atoms with Crippen LogP contribution in [0.25, 0.3) is 16.7 Å². The van der Waals surface area contributed by atoms with Gasteiger partial charge in [0, 0.05) is 64.0 Å². The van der Waals surface area contributed by atoms with E-state index in [9.17, 15) is 0 Å². The molecule has 3 aliphatic carbocycles. The van der Waals surface area contributed by atoms with Crippen LogP contribution in [0.15, 0.2) is 260 Å². The highest BCUT2D eigenvalue weighted by Gasteiger charge is 2.26. The molecule has 412 valence electrons. The minimum absolute atomic E-state index is 0.0501. The lowest BCUT2D eigenvalue weighted by Gasteiger charge is -2.35. The van der Waals surface area contributed by atoms with Crippen molar-refractivity contribution in [2.24, 2.45) is 0 Å². The minimum atomic E-state index is 0.0501. The van der Waals surface area contributed by atoms with E-state index in [4.69, 9.17) is 28.4 Å². The topological polar surface area (TPSA) is 68.3 Å². The van der Waals surface area contributed by atoms with Gasteiger partial charge in [-0.1, -0.05) is 72.9 Å². The van der Waals surface area contributed by atoms with Crippen molar-refractivity contribution in [1.29, 1.82) is 0 Å². The fourth-order valence-electron chi connectivity index (χ4n) is 11.0. The number of benzene rings is 8. The molecule has 0 saturated heterocycles. The Bertz CT molecular complexity index is 3560. The Hall–Kier alpha value is -9.64. The van der Waals surface area contributed by atoms with Gasteiger partial charge >= 0.3 is 0 Å². The molecule has 0 N–H and O–H groups in total. The molecule has 0 bridgehead atoms. The Kier molecular flexibility index (Phi) is 16.7. The fourth-order valence-corrected chi connectivity index (χ4v) is 11.0. The Labute approximate surface area is 482 Å². The van der Waals surface area contributed by atoms with Crippen LogP contribution in [0.3, 0.4) is 0 Å². The number of hydrogen-bond acceptors (Lipinski definition) is 10. The second kappa shape index (κ2) is 25.2. The molecule has 0 radical (unpaired) electrons. The molecule has 0 aliphatic heterocycles. The number of methoxy groups -OCH3 is 6. The van der Waals surface area contributed by atoms with Crippen molar-refractivity contribution in [3.8, 4) is 34.1 Å². The lowest BCUT2D eigenvalue weighted by atomic mass is 9.95. The zero-order valence-corrected chi connectivity index (χ0v) is 47.3. The van der Waals surface area contributed by atoms with Gasteiger partial charge in [0.2, 0.25) is 0 Å². The van der Waals surface area contributed by atoms with Gasteiger partial charge in [-0.15, -0.1) is 0 Å². The lowest BCUT2D eigenvalue weighted by molar-refractivity contribution is 0.142. The third kappa shape index (κ3) is 11.9. The maximum Gasteiger partial charge on any atom is 0.119 e. The first-order valence-corrected chi connectivity index (χ1v) is 27.7. The maximum absolute atomic E-state index is 5.64. The summed E-state index contributed by atoms with van der Waals surface area (Å²) in [7, 11) is 10.3. The third-order valence-electron chi connectivity index (χ3n) is 15.4. The summed E-state index contributed by atoms with van der Waals surface area (Å²) < 4.78 is 33.3. The van der Waals surface area contributed by atoms with Crippen molar-refractivity contribution in [1.82, 2.24) is 0 Å². The highest BCUT2D eigenvalue weighted by molar-refractivity contribution is 5.83. The predicted octanol–water partition coefficient (Wildman–Crippen LogP) is 17.4. The van der Waals surface area contributed by atoms with Crippen molar-refractivity contribution in [3.63, 3.8) is 0 Å². The monoisotopic (exact) mass is 1080 g/mol. The third-order valence-corrected chi connectivity index (χ3v) is 15.4. The molecule has 0 spiro atoms. The molecule has 3 aliphatic rings. The van der Waals surface area contributed by atoms with Gasteiger partial charge in [-0.05, 0) is 217 Å². The quantitative estimate of drug-likeness (QED) is 0.0737.